The van der Waals surface area contributed by atoms with Crippen molar-refractivity contribution < 1.29 is 14.6 Å². The highest BCUT2D eigenvalue weighted by Crippen LogP contribution is 2.33. The minimum Gasteiger partial charge on any atom is -0.497 e. The summed E-state index contributed by atoms with van der Waals surface area (Å²) in [5, 5.41) is 14.9. The van der Waals surface area contributed by atoms with Gasteiger partial charge in [0.25, 0.3) is 0 Å². The summed E-state index contributed by atoms with van der Waals surface area (Å²) in [6.45, 7) is 7.74. The van der Waals surface area contributed by atoms with Crippen LogP contribution < -0.4 is 10.1 Å². The zero-order chi connectivity index (χ0) is 22.8. The van der Waals surface area contributed by atoms with Crippen LogP contribution in [0.15, 0.2) is 42.5 Å². The molecule has 32 heavy (non-hydrogen) atoms. The Hall–Kier alpha value is -2.79. The van der Waals surface area contributed by atoms with Crippen LogP contribution in [0.1, 0.15) is 60.3 Å². The van der Waals surface area contributed by atoms with Crippen LogP contribution in [0.3, 0.4) is 0 Å². The molecular formula is C27H34N2O3. The molecule has 1 fully saturated rings. The fourth-order valence-corrected chi connectivity index (χ4v) is 5.09. The molecule has 3 aromatic rings. The standard InChI is InChI=1S/C27H34N2O3/c1-17-8-10-20(11-9-17)16-29-25-14-21(32-4)12-13-22(25)23(26(29)27(30)31)15-28-24-7-5-6-18(2)19(24)3/h8-14,18-19,24,28H,5-7,15-16H2,1-4H3,(H,30,31)/t18-,19-,24-/m1/s1. The largest absolute Gasteiger partial charge is 0.497 e. The molecule has 1 heterocycles. The van der Waals surface area contributed by atoms with Crippen LogP contribution in [-0.2, 0) is 13.1 Å². The lowest BCUT2D eigenvalue weighted by molar-refractivity contribution is 0.0684. The van der Waals surface area contributed by atoms with E-state index >= 15 is 0 Å². The molecule has 0 radical (unpaired) electrons. The number of carboxylic acid groups (broad SMARTS) is 1. The normalized spacial score (nSPS) is 21.1. The Balaban J connectivity index is 1.76. The van der Waals surface area contributed by atoms with Crippen LogP contribution in [0.2, 0.25) is 0 Å². The summed E-state index contributed by atoms with van der Waals surface area (Å²) in [4.78, 5) is 12.5. The third-order valence-electron chi connectivity index (χ3n) is 7.29. The van der Waals surface area contributed by atoms with Crippen molar-refractivity contribution in [2.75, 3.05) is 7.11 Å². The molecule has 0 spiro atoms. The van der Waals surface area contributed by atoms with E-state index in [2.05, 4.69) is 50.4 Å². The maximum Gasteiger partial charge on any atom is 0.352 e. The SMILES string of the molecule is COc1ccc2c(CN[C@@H]3CCC[C@@H](C)[C@H]3C)c(C(=O)O)n(Cc3ccc(C)cc3)c2c1. The van der Waals surface area contributed by atoms with Crippen molar-refractivity contribution in [3.8, 4) is 5.75 Å². The predicted molar refractivity (Wildman–Crippen MR) is 129 cm³/mol. The maximum absolute atomic E-state index is 12.5. The lowest BCUT2D eigenvalue weighted by Gasteiger charge is -2.34. The first-order chi connectivity index (χ1) is 15.4. The van der Waals surface area contributed by atoms with Gasteiger partial charge in [0.05, 0.1) is 12.6 Å². The van der Waals surface area contributed by atoms with Gasteiger partial charge in [-0.3, -0.25) is 0 Å². The molecule has 170 valence electrons. The van der Waals surface area contributed by atoms with Crippen LogP contribution in [-0.4, -0.2) is 28.8 Å². The summed E-state index contributed by atoms with van der Waals surface area (Å²) >= 11 is 0. The molecule has 0 aliphatic heterocycles. The molecule has 1 aliphatic rings. The first kappa shape index (κ1) is 22.4. The van der Waals surface area contributed by atoms with Crippen molar-refractivity contribution in [3.63, 3.8) is 0 Å². The predicted octanol–water partition coefficient (Wildman–Crippen LogP) is 5.62. The summed E-state index contributed by atoms with van der Waals surface area (Å²) in [5.74, 6) is 1.10. The fraction of sp³-hybridized carbons (Fsp3) is 0.444. The number of ether oxygens (including phenoxy) is 1. The average Bonchev–Trinajstić information content (AvgIpc) is 3.09. The lowest BCUT2D eigenvalue weighted by Crippen LogP contribution is -2.40. The van der Waals surface area contributed by atoms with Gasteiger partial charge in [-0.15, -0.1) is 0 Å². The molecule has 5 heteroatoms. The van der Waals surface area contributed by atoms with Gasteiger partial charge in [0.2, 0.25) is 0 Å². The quantitative estimate of drug-likeness (QED) is 0.507. The molecule has 0 bridgehead atoms. The van der Waals surface area contributed by atoms with E-state index in [1.165, 1.54) is 18.4 Å². The minimum atomic E-state index is -0.894. The zero-order valence-corrected chi connectivity index (χ0v) is 19.5. The molecule has 5 nitrogen and oxygen atoms in total. The van der Waals surface area contributed by atoms with Gasteiger partial charge >= 0.3 is 5.97 Å². The van der Waals surface area contributed by atoms with Gasteiger partial charge in [0, 0.05) is 36.1 Å². The molecule has 4 rings (SSSR count). The highest BCUT2D eigenvalue weighted by molar-refractivity contribution is 5.98. The average molecular weight is 435 g/mol. The molecule has 0 saturated heterocycles. The summed E-state index contributed by atoms with van der Waals surface area (Å²) in [7, 11) is 1.64. The van der Waals surface area contributed by atoms with Gasteiger partial charge in [-0.25, -0.2) is 4.79 Å². The van der Waals surface area contributed by atoms with Crippen LogP contribution in [0, 0.1) is 18.8 Å². The van der Waals surface area contributed by atoms with Gasteiger partial charge in [-0.2, -0.15) is 0 Å². The summed E-state index contributed by atoms with van der Waals surface area (Å²) in [5.41, 5.74) is 4.37. The summed E-state index contributed by atoms with van der Waals surface area (Å²) in [6, 6.07) is 14.5. The number of hydrogen-bond acceptors (Lipinski definition) is 3. The highest BCUT2D eigenvalue weighted by atomic mass is 16.5. The monoisotopic (exact) mass is 434 g/mol. The topological polar surface area (TPSA) is 63.5 Å². The molecule has 1 saturated carbocycles. The Kier molecular flexibility index (Phi) is 6.56. The number of carboxylic acids is 1. The third-order valence-corrected chi connectivity index (χ3v) is 7.29. The van der Waals surface area contributed by atoms with Crippen molar-refractivity contribution in [1.82, 2.24) is 9.88 Å². The number of nitrogens with zero attached hydrogens (tertiary/aromatic N) is 1. The van der Waals surface area contributed by atoms with Crippen LogP contribution in [0.25, 0.3) is 10.9 Å². The third kappa shape index (κ3) is 4.40. The van der Waals surface area contributed by atoms with Gasteiger partial charge in [-0.1, -0.05) is 56.5 Å². The van der Waals surface area contributed by atoms with E-state index < -0.39 is 5.97 Å². The molecule has 0 amide bonds. The number of methoxy groups -OCH3 is 1. The van der Waals surface area contributed by atoms with E-state index in [-0.39, 0.29) is 0 Å². The van der Waals surface area contributed by atoms with Gasteiger partial charge < -0.3 is 19.7 Å². The van der Waals surface area contributed by atoms with Crippen molar-refractivity contribution >= 4 is 16.9 Å². The Morgan fingerprint density at radius 1 is 1.16 bits per heavy atom. The lowest BCUT2D eigenvalue weighted by atomic mass is 9.78. The first-order valence-electron chi connectivity index (χ1n) is 11.6. The Morgan fingerprint density at radius 2 is 1.91 bits per heavy atom. The molecule has 2 aromatic carbocycles. The van der Waals surface area contributed by atoms with Gasteiger partial charge in [-0.05, 0) is 42.9 Å². The highest BCUT2D eigenvalue weighted by Gasteiger charge is 2.28. The van der Waals surface area contributed by atoms with E-state index in [1.54, 1.807) is 7.11 Å². The zero-order valence-electron chi connectivity index (χ0n) is 19.5. The molecular weight excluding hydrogens is 400 g/mol. The summed E-state index contributed by atoms with van der Waals surface area (Å²) in [6.07, 6.45) is 3.64. The maximum atomic E-state index is 12.5. The molecule has 0 unspecified atom stereocenters. The van der Waals surface area contributed by atoms with E-state index in [4.69, 9.17) is 4.74 Å². The Bertz CT molecular complexity index is 1100. The second-order valence-electron chi connectivity index (χ2n) is 9.34. The number of fused-ring (bicyclic) bond motifs is 1. The number of aryl methyl sites for hydroxylation is 1. The number of carbonyl (C=O) groups is 1. The molecule has 1 aliphatic carbocycles. The van der Waals surface area contributed by atoms with Crippen molar-refractivity contribution in [2.45, 2.75) is 59.2 Å². The fourth-order valence-electron chi connectivity index (χ4n) is 5.09. The molecule has 2 N–H and O–H groups in total. The van der Waals surface area contributed by atoms with Gasteiger partial charge in [0.15, 0.2) is 0 Å². The number of rotatable bonds is 7. The van der Waals surface area contributed by atoms with Crippen LogP contribution in [0.4, 0.5) is 0 Å². The number of aromatic carboxylic acids is 1. The first-order valence-corrected chi connectivity index (χ1v) is 11.6. The Labute approximate surface area is 190 Å². The van der Waals surface area contributed by atoms with Crippen molar-refractivity contribution in [1.29, 1.82) is 0 Å². The number of benzene rings is 2. The minimum absolute atomic E-state index is 0.359. The van der Waals surface area contributed by atoms with E-state index in [1.807, 2.05) is 22.8 Å². The van der Waals surface area contributed by atoms with Crippen molar-refractivity contribution in [3.05, 3.63) is 64.8 Å². The number of nitrogens with one attached hydrogen (secondary N) is 1. The number of aromatic nitrogens is 1. The summed E-state index contributed by atoms with van der Waals surface area (Å²) < 4.78 is 7.38. The Morgan fingerprint density at radius 3 is 2.59 bits per heavy atom. The van der Waals surface area contributed by atoms with E-state index in [0.717, 1.165) is 34.2 Å². The van der Waals surface area contributed by atoms with Crippen molar-refractivity contribution in [2.24, 2.45) is 11.8 Å². The van der Waals surface area contributed by atoms with E-state index in [9.17, 15) is 9.90 Å². The van der Waals surface area contributed by atoms with Crippen LogP contribution in [0.5, 0.6) is 5.75 Å². The second-order valence-corrected chi connectivity index (χ2v) is 9.34. The van der Waals surface area contributed by atoms with Crippen LogP contribution >= 0.6 is 0 Å². The number of hydrogen-bond donors (Lipinski definition) is 2. The second kappa shape index (κ2) is 9.37. The smallest absolute Gasteiger partial charge is 0.352 e. The molecule has 3 atom stereocenters. The van der Waals surface area contributed by atoms with Gasteiger partial charge in [0.1, 0.15) is 11.4 Å². The van der Waals surface area contributed by atoms with E-state index in [0.29, 0.717) is 36.7 Å². The molecule has 1 aromatic heterocycles.